The van der Waals surface area contributed by atoms with Crippen molar-refractivity contribution in [1.82, 2.24) is 0 Å². The summed E-state index contributed by atoms with van der Waals surface area (Å²) in [5.74, 6) is -1.06. The van der Waals surface area contributed by atoms with Gasteiger partial charge < -0.3 is 18.7 Å². The van der Waals surface area contributed by atoms with Crippen LogP contribution in [-0.4, -0.2) is 23.4 Å². The van der Waals surface area contributed by atoms with Crippen LogP contribution in [0.4, 0.5) is 5.69 Å². The lowest BCUT2D eigenvalue weighted by atomic mass is 9.99. The molecule has 2 aromatic heterocycles. The molecule has 0 spiro atoms. The molecule has 1 N–H and O–H groups in total. The standard InChI is InChI=1S/C25H18ClNO6/c1-2-31-17-8-6-16(7-9-17)27-22(19-4-3-11-32-19)21(24(29)25(27)30)23(28)20-13-14-12-15(26)5-10-18(14)33-20/h3-13,22,29H,2H2,1H3. The van der Waals surface area contributed by atoms with Crippen molar-refractivity contribution in [3.63, 3.8) is 0 Å². The predicted octanol–water partition coefficient (Wildman–Crippen LogP) is 5.86. The Hall–Kier alpha value is -3.97. The number of rotatable bonds is 6. The van der Waals surface area contributed by atoms with Crippen molar-refractivity contribution >= 4 is 39.9 Å². The number of hydrogen-bond acceptors (Lipinski definition) is 6. The first-order valence-corrected chi connectivity index (χ1v) is 10.6. The molecule has 0 radical (unpaired) electrons. The lowest BCUT2D eigenvalue weighted by Gasteiger charge is -2.25. The quantitative estimate of drug-likeness (QED) is 0.360. The van der Waals surface area contributed by atoms with Gasteiger partial charge in [0.1, 0.15) is 23.1 Å². The average molecular weight is 464 g/mol. The second kappa shape index (κ2) is 8.18. The van der Waals surface area contributed by atoms with E-state index in [1.54, 1.807) is 54.6 Å². The molecule has 1 unspecified atom stereocenters. The minimum absolute atomic E-state index is 0.0216. The lowest BCUT2D eigenvalue weighted by Crippen LogP contribution is -2.30. The van der Waals surface area contributed by atoms with Crippen LogP contribution in [-0.2, 0) is 4.79 Å². The number of nitrogens with zero attached hydrogens (tertiary/aromatic N) is 1. The summed E-state index contributed by atoms with van der Waals surface area (Å²) in [6, 6.07) is 15.6. The summed E-state index contributed by atoms with van der Waals surface area (Å²) in [5, 5.41) is 11.9. The van der Waals surface area contributed by atoms with Crippen LogP contribution in [0, 0.1) is 0 Å². The third-order valence-corrected chi connectivity index (χ3v) is 5.63. The molecule has 2 aromatic carbocycles. The van der Waals surface area contributed by atoms with Crippen LogP contribution >= 0.6 is 11.6 Å². The number of aliphatic hydroxyl groups excluding tert-OH is 1. The number of ether oxygens (including phenoxy) is 1. The summed E-state index contributed by atoms with van der Waals surface area (Å²) in [4.78, 5) is 27.9. The fourth-order valence-electron chi connectivity index (χ4n) is 3.95. The first kappa shape index (κ1) is 20.9. The average Bonchev–Trinajstić information content (AvgIpc) is 3.53. The van der Waals surface area contributed by atoms with Crippen molar-refractivity contribution in [3.8, 4) is 5.75 Å². The van der Waals surface area contributed by atoms with Crippen molar-refractivity contribution in [3.05, 3.63) is 94.8 Å². The highest BCUT2D eigenvalue weighted by atomic mass is 35.5. The second-order valence-electron chi connectivity index (χ2n) is 7.40. The van der Waals surface area contributed by atoms with E-state index in [0.717, 1.165) is 0 Å². The molecular weight excluding hydrogens is 446 g/mol. The van der Waals surface area contributed by atoms with E-state index < -0.39 is 23.5 Å². The summed E-state index contributed by atoms with van der Waals surface area (Å²) < 4.78 is 16.7. The van der Waals surface area contributed by atoms with Crippen LogP contribution < -0.4 is 9.64 Å². The van der Waals surface area contributed by atoms with Crippen molar-refractivity contribution < 1.29 is 28.3 Å². The van der Waals surface area contributed by atoms with Crippen molar-refractivity contribution in [2.24, 2.45) is 0 Å². The van der Waals surface area contributed by atoms with Gasteiger partial charge in [-0.15, -0.1) is 0 Å². The van der Waals surface area contributed by atoms with Gasteiger partial charge in [0.05, 0.1) is 18.4 Å². The zero-order valence-electron chi connectivity index (χ0n) is 17.4. The number of carbonyl (C=O) groups is 2. The molecule has 1 aliphatic heterocycles. The summed E-state index contributed by atoms with van der Waals surface area (Å²) in [6.45, 7) is 2.37. The smallest absolute Gasteiger partial charge is 0.294 e. The minimum atomic E-state index is -0.977. The maximum absolute atomic E-state index is 13.5. The van der Waals surface area contributed by atoms with Crippen LogP contribution in [0.3, 0.4) is 0 Å². The van der Waals surface area contributed by atoms with Crippen LogP contribution in [0.25, 0.3) is 11.0 Å². The lowest BCUT2D eigenvalue weighted by molar-refractivity contribution is -0.117. The molecule has 0 aliphatic carbocycles. The second-order valence-corrected chi connectivity index (χ2v) is 7.84. The normalized spacial score (nSPS) is 16.1. The Morgan fingerprint density at radius 2 is 1.94 bits per heavy atom. The zero-order valence-corrected chi connectivity index (χ0v) is 18.2. The van der Waals surface area contributed by atoms with Gasteiger partial charge in [0.2, 0.25) is 5.78 Å². The molecule has 8 heteroatoms. The van der Waals surface area contributed by atoms with Crippen molar-refractivity contribution in [2.75, 3.05) is 11.5 Å². The monoisotopic (exact) mass is 463 g/mol. The Labute approximate surface area is 193 Å². The van der Waals surface area contributed by atoms with Crippen LogP contribution in [0.2, 0.25) is 5.02 Å². The van der Waals surface area contributed by atoms with E-state index in [2.05, 4.69) is 0 Å². The van der Waals surface area contributed by atoms with Crippen LogP contribution in [0.15, 0.2) is 87.1 Å². The first-order chi connectivity index (χ1) is 16.0. The maximum Gasteiger partial charge on any atom is 0.294 e. The Morgan fingerprint density at radius 1 is 1.15 bits per heavy atom. The van der Waals surface area contributed by atoms with Gasteiger partial charge in [0.15, 0.2) is 11.5 Å². The molecule has 1 amide bonds. The van der Waals surface area contributed by atoms with Gasteiger partial charge >= 0.3 is 0 Å². The predicted molar refractivity (Wildman–Crippen MR) is 122 cm³/mol. The molecule has 33 heavy (non-hydrogen) atoms. The number of fused-ring (bicyclic) bond motifs is 1. The number of furan rings is 2. The van der Waals surface area contributed by atoms with Crippen molar-refractivity contribution in [1.29, 1.82) is 0 Å². The SMILES string of the molecule is CCOc1ccc(N2C(=O)C(O)=C(C(=O)c3cc4cc(Cl)ccc4o3)C2c2ccco2)cc1. The summed E-state index contributed by atoms with van der Waals surface area (Å²) in [5.41, 5.74) is 0.801. The number of carbonyl (C=O) groups excluding carboxylic acids is 2. The molecule has 166 valence electrons. The van der Waals surface area contributed by atoms with Crippen LogP contribution in [0.1, 0.15) is 29.3 Å². The van der Waals surface area contributed by atoms with Gasteiger partial charge in [-0.25, -0.2) is 0 Å². The number of aliphatic hydroxyl groups is 1. The highest BCUT2D eigenvalue weighted by Gasteiger charge is 2.46. The molecule has 0 fully saturated rings. The van der Waals surface area contributed by atoms with Gasteiger partial charge in [-0.05, 0) is 67.6 Å². The Bertz CT molecular complexity index is 1380. The summed E-state index contributed by atoms with van der Waals surface area (Å²) in [6.07, 6.45) is 1.44. The van der Waals surface area contributed by atoms with Crippen molar-refractivity contribution in [2.45, 2.75) is 13.0 Å². The minimum Gasteiger partial charge on any atom is -0.503 e. The molecule has 5 rings (SSSR count). The third-order valence-electron chi connectivity index (χ3n) is 5.39. The summed E-state index contributed by atoms with van der Waals surface area (Å²) in [7, 11) is 0. The van der Waals surface area contributed by atoms with E-state index >= 15 is 0 Å². The number of amides is 1. The van der Waals surface area contributed by atoms with E-state index in [-0.39, 0.29) is 11.3 Å². The number of hydrogen-bond donors (Lipinski definition) is 1. The largest absolute Gasteiger partial charge is 0.503 e. The fourth-order valence-corrected chi connectivity index (χ4v) is 4.13. The van der Waals surface area contributed by atoms with E-state index in [4.69, 9.17) is 25.2 Å². The maximum atomic E-state index is 13.5. The zero-order chi connectivity index (χ0) is 23.1. The molecular formula is C25H18ClNO6. The van der Waals surface area contributed by atoms with Gasteiger partial charge in [-0.2, -0.15) is 0 Å². The molecule has 4 aromatic rings. The summed E-state index contributed by atoms with van der Waals surface area (Å²) >= 11 is 6.04. The molecule has 3 heterocycles. The number of benzene rings is 2. The highest BCUT2D eigenvalue weighted by molar-refractivity contribution is 6.31. The Morgan fingerprint density at radius 3 is 2.64 bits per heavy atom. The van der Waals surface area contributed by atoms with E-state index in [1.165, 1.54) is 17.2 Å². The first-order valence-electron chi connectivity index (χ1n) is 10.2. The van der Waals surface area contributed by atoms with Gasteiger partial charge in [0, 0.05) is 16.1 Å². The molecule has 0 saturated heterocycles. The van der Waals surface area contributed by atoms with Gasteiger partial charge in [0.25, 0.3) is 5.91 Å². The number of halogens is 1. The molecule has 0 bridgehead atoms. The third kappa shape index (κ3) is 3.56. The van der Waals surface area contributed by atoms with E-state index in [1.807, 2.05) is 6.92 Å². The van der Waals surface area contributed by atoms with Gasteiger partial charge in [-0.3, -0.25) is 14.5 Å². The number of Topliss-reactive ketones (excluding diaryl/α,β-unsaturated/α-hetero) is 1. The van der Waals surface area contributed by atoms with Gasteiger partial charge in [-0.1, -0.05) is 11.6 Å². The molecule has 1 aliphatic rings. The highest BCUT2D eigenvalue weighted by Crippen LogP contribution is 2.42. The number of anilines is 1. The number of ketones is 1. The Balaban J connectivity index is 1.59. The molecule has 1 atom stereocenters. The topological polar surface area (TPSA) is 93.1 Å². The molecule has 7 nitrogen and oxygen atoms in total. The van der Waals surface area contributed by atoms with Crippen LogP contribution in [0.5, 0.6) is 5.75 Å². The fraction of sp³-hybridized carbons (Fsp3) is 0.120. The molecule has 0 saturated carbocycles. The Kier molecular flexibility index (Phi) is 5.18. The van der Waals surface area contributed by atoms with E-state index in [9.17, 15) is 14.7 Å². The van der Waals surface area contributed by atoms with E-state index in [0.29, 0.717) is 39.8 Å².